The zero-order chi connectivity index (χ0) is 13.8. The van der Waals surface area contributed by atoms with Crippen LogP contribution in [0.5, 0.6) is 0 Å². The molecule has 0 saturated carbocycles. The number of carbonyl (C=O) groups excluding carboxylic acids is 3. The Morgan fingerprint density at radius 3 is 2.53 bits per heavy atom. The molecule has 2 rings (SSSR count). The maximum atomic E-state index is 11.9. The lowest BCUT2D eigenvalue weighted by Gasteiger charge is -2.16. The molecule has 4 amide bonds. The number of para-hydroxylation sites is 1. The average Bonchev–Trinajstić information content (AvgIpc) is 2.79. The van der Waals surface area contributed by atoms with Gasteiger partial charge in [0.05, 0.1) is 5.92 Å². The molecular weight excluding hydrogens is 248 g/mol. The Bertz CT molecular complexity index is 503. The van der Waals surface area contributed by atoms with Crippen LogP contribution in [0.2, 0.25) is 0 Å². The number of nitrogens with zero attached hydrogens (tertiary/aromatic N) is 1. The van der Waals surface area contributed by atoms with E-state index in [9.17, 15) is 14.4 Å². The van der Waals surface area contributed by atoms with E-state index in [2.05, 4.69) is 5.43 Å². The van der Waals surface area contributed by atoms with Crippen LogP contribution in [0.1, 0.15) is 6.42 Å². The summed E-state index contributed by atoms with van der Waals surface area (Å²) in [4.78, 5) is 35.6. The number of nitrogens with one attached hydrogen (secondary N) is 2. The van der Waals surface area contributed by atoms with Crippen molar-refractivity contribution in [1.29, 1.82) is 0 Å². The van der Waals surface area contributed by atoms with Gasteiger partial charge in [0.1, 0.15) is 0 Å². The van der Waals surface area contributed by atoms with E-state index >= 15 is 0 Å². The Labute approximate surface area is 109 Å². The van der Waals surface area contributed by atoms with Crippen molar-refractivity contribution in [3.63, 3.8) is 0 Å². The summed E-state index contributed by atoms with van der Waals surface area (Å²) in [5, 5.41) is 0. The zero-order valence-electron chi connectivity index (χ0n) is 10.1. The highest BCUT2D eigenvalue weighted by atomic mass is 16.2. The van der Waals surface area contributed by atoms with Crippen LogP contribution in [0, 0.1) is 5.92 Å². The van der Waals surface area contributed by atoms with E-state index < -0.39 is 17.9 Å². The number of carbonyl (C=O) groups is 3. The molecule has 1 aliphatic rings. The minimum Gasteiger partial charge on any atom is -0.350 e. The Morgan fingerprint density at radius 2 is 1.89 bits per heavy atom. The molecule has 1 aromatic carbocycles. The van der Waals surface area contributed by atoms with Crippen molar-refractivity contribution in [3.8, 4) is 0 Å². The summed E-state index contributed by atoms with van der Waals surface area (Å²) in [6.45, 7) is 0.287. The number of rotatable bonds is 2. The summed E-state index contributed by atoms with van der Waals surface area (Å²) in [7, 11) is 0. The highest BCUT2D eigenvalue weighted by Crippen LogP contribution is 2.24. The van der Waals surface area contributed by atoms with Crippen molar-refractivity contribution >= 4 is 23.5 Å². The molecule has 19 heavy (non-hydrogen) atoms. The maximum Gasteiger partial charge on any atom is 0.330 e. The molecule has 7 heteroatoms. The van der Waals surface area contributed by atoms with E-state index in [1.165, 1.54) is 0 Å². The van der Waals surface area contributed by atoms with Gasteiger partial charge in [-0.3, -0.25) is 15.0 Å². The zero-order valence-corrected chi connectivity index (χ0v) is 10.1. The monoisotopic (exact) mass is 262 g/mol. The number of amides is 4. The Morgan fingerprint density at radius 1 is 1.21 bits per heavy atom. The predicted molar refractivity (Wildman–Crippen MR) is 67.8 cm³/mol. The number of primary amides is 1. The van der Waals surface area contributed by atoms with Crippen molar-refractivity contribution in [2.24, 2.45) is 11.7 Å². The molecule has 0 spiro atoms. The van der Waals surface area contributed by atoms with Gasteiger partial charge in [-0.25, -0.2) is 10.2 Å². The van der Waals surface area contributed by atoms with Crippen LogP contribution in [0.4, 0.5) is 10.5 Å². The number of hydrazine groups is 1. The van der Waals surface area contributed by atoms with E-state index in [1.807, 2.05) is 23.6 Å². The first-order valence-corrected chi connectivity index (χ1v) is 5.78. The van der Waals surface area contributed by atoms with Gasteiger partial charge in [0, 0.05) is 18.7 Å². The summed E-state index contributed by atoms with van der Waals surface area (Å²) in [6.07, 6.45) is 0.112. The van der Waals surface area contributed by atoms with Gasteiger partial charge in [0.25, 0.3) is 0 Å². The smallest absolute Gasteiger partial charge is 0.330 e. The van der Waals surface area contributed by atoms with Crippen LogP contribution < -0.4 is 21.5 Å². The first-order valence-electron chi connectivity index (χ1n) is 5.78. The molecule has 0 aromatic heterocycles. The molecule has 1 atom stereocenters. The molecule has 0 radical (unpaired) electrons. The van der Waals surface area contributed by atoms with Crippen molar-refractivity contribution in [3.05, 3.63) is 30.3 Å². The molecule has 4 N–H and O–H groups in total. The lowest BCUT2D eigenvalue weighted by atomic mass is 10.1. The average molecular weight is 262 g/mol. The number of hydrogen-bond acceptors (Lipinski definition) is 3. The second-order valence-electron chi connectivity index (χ2n) is 4.22. The quantitative estimate of drug-likeness (QED) is 0.639. The molecule has 1 heterocycles. The second kappa shape index (κ2) is 5.38. The summed E-state index contributed by atoms with van der Waals surface area (Å²) in [6, 6.07) is 8.26. The Balaban J connectivity index is 1.99. The minimum atomic E-state index is -0.849. The standard InChI is InChI=1S/C12H14N4O3/c13-12(19)15-14-11(18)8-6-10(17)16(7-8)9-4-2-1-3-5-9/h1-5,8H,6-7H2,(H,14,18)(H3,13,15,19). The topological polar surface area (TPSA) is 105 Å². The first kappa shape index (κ1) is 12.9. The van der Waals surface area contributed by atoms with Crippen LogP contribution in [0.25, 0.3) is 0 Å². The Hall–Kier alpha value is -2.57. The molecule has 7 nitrogen and oxygen atoms in total. The van der Waals surface area contributed by atoms with Gasteiger partial charge in [-0.2, -0.15) is 0 Å². The fraction of sp³-hybridized carbons (Fsp3) is 0.250. The van der Waals surface area contributed by atoms with Gasteiger partial charge >= 0.3 is 6.03 Å². The molecule has 0 bridgehead atoms. The molecule has 1 aliphatic heterocycles. The van der Waals surface area contributed by atoms with Crippen molar-refractivity contribution < 1.29 is 14.4 Å². The van der Waals surface area contributed by atoms with Gasteiger partial charge in [-0.1, -0.05) is 18.2 Å². The minimum absolute atomic E-state index is 0.112. The number of hydrogen-bond donors (Lipinski definition) is 3. The number of anilines is 1. The van der Waals surface area contributed by atoms with E-state index in [4.69, 9.17) is 5.73 Å². The summed E-state index contributed by atoms with van der Waals surface area (Å²) >= 11 is 0. The van der Waals surface area contributed by atoms with Gasteiger partial charge in [0.15, 0.2) is 0 Å². The molecule has 0 aliphatic carbocycles. The SMILES string of the molecule is NC(=O)NNC(=O)C1CC(=O)N(c2ccccc2)C1. The van der Waals surface area contributed by atoms with Crippen LogP contribution in [0.3, 0.4) is 0 Å². The van der Waals surface area contributed by atoms with E-state index in [0.717, 1.165) is 5.69 Å². The summed E-state index contributed by atoms with van der Waals surface area (Å²) in [5.74, 6) is -1.05. The number of benzene rings is 1. The summed E-state index contributed by atoms with van der Waals surface area (Å²) in [5.41, 5.74) is 9.77. The predicted octanol–water partition coefficient (Wildman–Crippen LogP) is -0.261. The van der Waals surface area contributed by atoms with Crippen LogP contribution in [0.15, 0.2) is 30.3 Å². The van der Waals surface area contributed by atoms with Crippen LogP contribution in [-0.4, -0.2) is 24.4 Å². The highest BCUT2D eigenvalue weighted by molar-refractivity contribution is 6.00. The molecule has 1 fully saturated rings. The van der Waals surface area contributed by atoms with Gasteiger partial charge in [-0.05, 0) is 12.1 Å². The lowest BCUT2D eigenvalue weighted by molar-refractivity contribution is -0.126. The third-order valence-electron chi connectivity index (χ3n) is 2.87. The van der Waals surface area contributed by atoms with Gasteiger partial charge < -0.3 is 10.6 Å². The third kappa shape index (κ3) is 3.01. The molecule has 1 unspecified atom stereocenters. The largest absolute Gasteiger partial charge is 0.350 e. The fourth-order valence-electron chi connectivity index (χ4n) is 1.97. The van der Waals surface area contributed by atoms with Gasteiger partial charge in [0.2, 0.25) is 11.8 Å². The first-order chi connectivity index (χ1) is 9.08. The molecular formula is C12H14N4O3. The van der Waals surface area contributed by atoms with Crippen molar-refractivity contribution in [1.82, 2.24) is 10.9 Å². The Kier molecular flexibility index (Phi) is 3.65. The molecule has 100 valence electrons. The normalized spacial score (nSPS) is 18.2. The van der Waals surface area contributed by atoms with Crippen molar-refractivity contribution in [2.75, 3.05) is 11.4 Å². The molecule has 1 aromatic rings. The number of nitrogens with two attached hydrogens (primary N) is 1. The summed E-state index contributed by atoms with van der Waals surface area (Å²) < 4.78 is 0. The fourth-order valence-corrected chi connectivity index (χ4v) is 1.97. The van der Waals surface area contributed by atoms with E-state index in [-0.39, 0.29) is 18.9 Å². The molecule has 1 saturated heterocycles. The lowest BCUT2D eigenvalue weighted by Crippen LogP contribution is -2.47. The highest BCUT2D eigenvalue weighted by Gasteiger charge is 2.35. The van der Waals surface area contributed by atoms with E-state index in [1.54, 1.807) is 17.0 Å². The van der Waals surface area contributed by atoms with E-state index in [0.29, 0.717) is 0 Å². The number of urea groups is 1. The van der Waals surface area contributed by atoms with Gasteiger partial charge in [-0.15, -0.1) is 0 Å². The maximum absolute atomic E-state index is 11.9. The van der Waals surface area contributed by atoms with Crippen molar-refractivity contribution in [2.45, 2.75) is 6.42 Å². The third-order valence-corrected chi connectivity index (χ3v) is 2.87. The van der Waals surface area contributed by atoms with Crippen LogP contribution >= 0.6 is 0 Å². The second-order valence-corrected chi connectivity index (χ2v) is 4.22. The van der Waals surface area contributed by atoms with Crippen LogP contribution in [-0.2, 0) is 9.59 Å².